The zero-order chi connectivity index (χ0) is 14.0. The molecule has 0 amide bonds. The molecule has 0 bridgehead atoms. The highest BCUT2D eigenvalue weighted by Crippen LogP contribution is 2.25. The van der Waals surface area contributed by atoms with E-state index in [1.165, 1.54) is 0 Å². The van der Waals surface area contributed by atoms with E-state index in [1.54, 1.807) is 12.1 Å². The van der Waals surface area contributed by atoms with Gasteiger partial charge in [0, 0.05) is 6.54 Å². The molecule has 1 N–H and O–H groups in total. The topological polar surface area (TPSA) is 46.2 Å². The van der Waals surface area contributed by atoms with Crippen LogP contribution in [0.2, 0.25) is 0 Å². The third-order valence-electron chi connectivity index (χ3n) is 3.66. The number of benzene rings is 1. The molecule has 102 valence electrons. The molecule has 18 heavy (non-hydrogen) atoms. The van der Waals surface area contributed by atoms with Gasteiger partial charge in [-0.15, -0.1) is 0 Å². The molecule has 0 aromatic heterocycles. The van der Waals surface area contributed by atoms with Gasteiger partial charge in [-0.05, 0) is 29.9 Å². The van der Waals surface area contributed by atoms with Gasteiger partial charge in [0.15, 0.2) is 0 Å². The average molecular weight is 269 g/mol. The van der Waals surface area contributed by atoms with Gasteiger partial charge >= 0.3 is 0 Å². The molecule has 4 heteroatoms. The van der Waals surface area contributed by atoms with Crippen LogP contribution in [0.5, 0.6) is 0 Å². The molecule has 0 spiro atoms. The smallest absolute Gasteiger partial charge is 0.211 e. The minimum absolute atomic E-state index is 0.0598. The molecule has 1 aromatic rings. The van der Waals surface area contributed by atoms with Gasteiger partial charge in [-0.2, -0.15) is 0 Å². The lowest BCUT2D eigenvalue weighted by Gasteiger charge is -2.29. The molecule has 0 fully saturated rings. The molecular weight excluding hydrogens is 246 g/mol. The van der Waals surface area contributed by atoms with E-state index in [2.05, 4.69) is 32.4 Å². The van der Waals surface area contributed by atoms with Crippen molar-refractivity contribution < 1.29 is 8.42 Å². The molecule has 0 unspecified atom stereocenters. The van der Waals surface area contributed by atoms with Crippen molar-refractivity contribution in [3.63, 3.8) is 0 Å². The lowest BCUT2D eigenvalue weighted by molar-refractivity contribution is 0.252. The first-order valence-corrected chi connectivity index (χ1v) is 7.70. The zero-order valence-corrected chi connectivity index (χ0v) is 12.6. The molecule has 0 heterocycles. The molecular formula is C14H23NO2S. The van der Waals surface area contributed by atoms with E-state index in [9.17, 15) is 8.42 Å². The van der Waals surface area contributed by atoms with Crippen LogP contribution in [0.25, 0.3) is 0 Å². The predicted octanol–water partition coefficient (Wildman–Crippen LogP) is 2.96. The number of nitrogens with one attached hydrogen (secondary N) is 1. The highest BCUT2D eigenvalue weighted by Gasteiger charge is 2.25. The van der Waals surface area contributed by atoms with Crippen molar-refractivity contribution in [1.29, 1.82) is 0 Å². The van der Waals surface area contributed by atoms with Crippen LogP contribution in [0.3, 0.4) is 0 Å². The SMILES string of the molecule is Cc1ccccc1S(=O)(=O)NCC(C)(C)C(C)C. The second kappa shape index (κ2) is 5.41. The number of hydrogen-bond donors (Lipinski definition) is 1. The fourth-order valence-corrected chi connectivity index (χ4v) is 2.89. The Morgan fingerprint density at radius 2 is 1.78 bits per heavy atom. The fourth-order valence-electron chi connectivity index (χ4n) is 1.42. The number of aryl methyl sites for hydroxylation is 1. The van der Waals surface area contributed by atoms with Crippen LogP contribution in [0, 0.1) is 18.3 Å². The molecule has 0 aliphatic carbocycles. The quantitative estimate of drug-likeness (QED) is 0.893. The van der Waals surface area contributed by atoms with Gasteiger partial charge in [-0.1, -0.05) is 45.9 Å². The number of sulfonamides is 1. The third-order valence-corrected chi connectivity index (χ3v) is 5.23. The molecule has 1 aromatic carbocycles. The van der Waals surface area contributed by atoms with E-state index in [0.717, 1.165) is 5.56 Å². The van der Waals surface area contributed by atoms with Crippen molar-refractivity contribution in [2.75, 3.05) is 6.54 Å². The maximum atomic E-state index is 12.2. The standard InChI is InChI=1S/C14H23NO2S/c1-11(2)14(4,5)10-15-18(16,17)13-9-7-6-8-12(13)3/h6-9,11,15H,10H2,1-5H3. The van der Waals surface area contributed by atoms with Gasteiger partial charge in [-0.25, -0.2) is 13.1 Å². The summed E-state index contributed by atoms with van der Waals surface area (Å²) in [6.45, 7) is 10.6. The van der Waals surface area contributed by atoms with Crippen molar-refractivity contribution >= 4 is 10.0 Å². The summed E-state index contributed by atoms with van der Waals surface area (Å²) in [5.74, 6) is 0.414. The fraction of sp³-hybridized carbons (Fsp3) is 0.571. The Kier molecular flexibility index (Phi) is 4.56. The summed E-state index contributed by atoms with van der Waals surface area (Å²) in [5.41, 5.74) is 0.711. The van der Waals surface area contributed by atoms with Crippen molar-refractivity contribution in [2.45, 2.75) is 39.5 Å². The Bertz CT molecular complexity index is 504. The van der Waals surface area contributed by atoms with Crippen molar-refractivity contribution in [3.05, 3.63) is 29.8 Å². The second-order valence-electron chi connectivity index (χ2n) is 5.73. The summed E-state index contributed by atoms with van der Waals surface area (Å²) < 4.78 is 27.1. The van der Waals surface area contributed by atoms with Crippen LogP contribution in [-0.2, 0) is 10.0 Å². The van der Waals surface area contributed by atoms with Crippen LogP contribution in [0.15, 0.2) is 29.2 Å². The minimum Gasteiger partial charge on any atom is -0.211 e. The van der Waals surface area contributed by atoms with Gasteiger partial charge in [0.05, 0.1) is 4.90 Å². The highest BCUT2D eigenvalue weighted by atomic mass is 32.2. The van der Waals surface area contributed by atoms with E-state index >= 15 is 0 Å². The Morgan fingerprint density at radius 1 is 1.22 bits per heavy atom. The Balaban J connectivity index is 2.88. The van der Waals surface area contributed by atoms with Crippen LogP contribution in [0.1, 0.15) is 33.3 Å². The molecule has 0 saturated carbocycles. The van der Waals surface area contributed by atoms with Crippen LogP contribution in [-0.4, -0.2) is 15.0 Å². The first-order chi connectivity index (χ1) is 8.17. The molecule has 0 radical (unpaired) electrons. The van der Waals surface area contributed by atoms with Crippen LogP contribution in [0.4, 0.5) is 0 Å². The zero-order valence-electron chi connectivity index (χ0n) is 11.8. The summed E-state index contributed by atoms with van der Waals surface area (Å²) in [4.78, 5) is 0.365. The van der Waals surface area contributed by atoms with Crippen LogP contribution < -0.4 is 4.72 Å². The maximum absolute atomic E-state index is 12.2. The average Bonchev–Trinajstić information content (AvgIpc) is 2.27. The summed E-state index contributed by atoms with van der Waals surface area (Å²) >= 11 is 0. The largest absolute Gasteiger partial charge is 0.240 e. The molecule has 0 aliphatic heterocycles. The summed E-state index contributed by atoms with van der Waals surface area (Å²) in [7, 11) is -3.41. The maximum Gasteiger partial charge on any atom is 0.240 e. The number of hydrogen-bond acceptors (Lipinski definition) is 2. The van der Waals surface area contributed by atoms with Gasteiger partial charge in [0.2, 0.25) is 10.0 Å². The summed E-state index contributed by atoms with van der Waals surface area (Å²) in [6.07, 6.45) is 0. The first kappa shape index (κ1) is 15.2. The molecule has 1 rings (SSSR count). The molecule has 0 aliphatic rings. The number of rotatable bonds is 5. The Morgan fingerprint density at radius 3 is 2.28 bits per heavy atom. The van der Waals surface area contributed by atoms with Gasteiger partial charge in [-0.3, -0.25) is 0 Å². The van der Waals surface area contributed by atoms with Gasteiger partial charge in [0.1, 0.15) is 0 Å². The molecule has 0 atom stereocenters. The van der Waals surface area contributed by atoms with E-state index in [0.29, 0.717) is 17.4 Å². The Hall–Kier alpha value is -0.870. The monoisotopic (exact) mass is 269 g/mol. The van der Waals surface area contributed by atoms with E-state index in [1.807, 2.05) is 19.1 Å². The van der Waals surface area contributed by atoms with Gasteiger partial charge < -0.3 is 0 Å². The minimum atomic E-state index is -3.41. The van der Waals surface area contributed by atoms with Crippen molar-refractivity contribution in [1.82, 2.24) is 4.72 Å². The lowest BCUT2D eigenvalue weighted by Crippen LogP contribution is -2.37. The lowest BCUT2D eigenvalue weighted by atomic mass is 9.81. The van der Waals surface area contributed by atoms with E-state index in [-0.39, 0.29) is 5.41 Å². The van der Waals surface area contributed by atoms with Gasteiger partial charge in [0.25, 0.3) is 0 Å². The van der Waals surface area contributed by atoms with Crippen molar-refractivity contribution in [2.24, 2.45) is 11.3 Å². The van der Waals surface area contributed by atoms with Crippen LogP contribution >= 0.6 is 0 Å². The molecule has 0 saturated heterocycles. The third kappa shape index (κ3) is 3.56. The van der Waals surface area contributed by atoms with E-state index in [4.69, 9.17) is 0 Å². The Labute approximate surface area is 111 Å². The predicted molar refractivity (Wildman–Crippen MR) is 75.0 cm³/mol. The summed E-state index contributed by atoms with van der Waals surface area (Å²) in [5, 5.41) is 0. The first-order valence-electron chi connectivity index (χ1n) is 6.22. The normalized spacial score (nSPS) is 13.0. The van der Waals surface area contributed by atoms with E-state index < -0.39 is 10.0 Å². The molecule has 3 nitrogen and oxygen atoms in total. The second-order valence-corrected chi connectivity index (χ2v) is 7.47. The summed E-state index contributed by atoms with van der Waals surface area (Å²) in [6, 6.07) is 7.03. The van der Waals surface area contributed by atoms with Crippen molar-refractivity contribution in [3.8, 4) is 0 Å². The highest BCUT2D eigenvalue weighted by molar-refractivity contribution is 7.89.